The molecular weight excluding hydrogens is 424 g/mol. The van der Waals surface area contributed by atoms with Gasteiger partial charge in [-0.15, -0.1) is 0 Å². The minimum Gasteiger partial charge on any atom is -0.319 e. The summed E-state index contributed by atoms with van der Waals surface area (Å²) < 4.78 is 3.21. The highest BCUT2D eigenvalue weighted by molar-refractivity contribution is 6.31. The first kappa shape index (κ1) is 20.3. The summed E-state index contributed by atoms with van der Waals surface area (Å²) in [5.74, 6) is 0.139. The Morgan fingerprint density at radius 2 is 1.78 bits per heavy atom. The maximum Gasteiger partial charge on any atom is 0.274 e. The monoisotopic (exact) mass is 444 g/mol. The van der Waals surface area contributed by atoms with Gasteiger partial charge in [-0.2, -0.15) is 5.10 Å². The molecule has 2 aromatic heterocycles. The van der Waals surface area contributed by atoms with E-state index in [1.807, 2.05) is 54.6 Å². The summed E-state index contributed by atoms with van der Waals surface area (Å²) in [6, 6.07) is 21.9. The van der Waals surface area contributed by atoms with E-state index in [-0.39, 0.29) is 11.5 Å². The topological polar surface area (TPSA) is 68.9 Å². The molecule has 0 atom stereocenters. The van der Waals surface area contributed by atoms with Crippen molar-refractivity contribution in [3.63, 3.8) is 0 Å². The fourth-order valence-electron chi connectivity index (χ4n) is 3.64. The highest BCUT2D eigenvalue weighted by atomic mass is 35.5. The number of nitrogens with zero attached hydrogens (tertiary/aromatic N) is 3. The van der Waals surface area contributed by atoms with Gasteiger partial charge >= 0.3 is 0 Å². The highest BCUT2D eigenvalue weighted by Gasteiger charge is 2.29. The lowest BCUT2D eigenvalue weighted by Crippen LogP contribution is -2.22. The molecule has 0 saturated heterocycles. The molecule has 4 aromatic rings. The van der Waals surface area contributed by atoms with Crippen LogP contribution >= 0.6 is 11.6 Å². The molecule has 1 aliphatic rings. The number of benzene rings is 2. The van der Waals surface area contributed by atoms with Gasteiger partial charge in [0.15, 0.2) is 0 Å². The standard InChI is InChI=1S/C25H21ClN4O2/c26-21-9-5-4-6-18(21)15-29-16-19(12-13-24(29)31)27-25(32)23-14-22(17-10-11-17)28-30(23)20-7-2-1-3-8-20/h1-9,12-14,16-17H,10-11,15H2,(H,27,32). The number of pyridine rings is 1. The van der Waals surface area contributed by atoms with E-state index in [9.17, 15) is 9.59 Å². The normalized spacial score (nSPS) is 13.2. The van der Waals surface area contributed by atoms with E-state index in [0.717, 1.165) is 29.8 Å². The van der Waals surface area contributed by atoms with Crippen LogP contribution in [0.25, 0.3) is 5.69 Å². The average molecular weight is 445 g/mol. The van der Waals surface area contributed by atoms with Crippen LogP contribution in [0.1, 0.15) is 40.5 Å². The van der Waals surface area contributed by atoms with Gasteiger partial charge in [0.1, 0.15) is 5.69 Å². The first-order valence-corrected chi connectivity index (χ1v) is 10.9. The van der Waals surface area contributed by atoms with E-state index in [0.29, 0.717) is 28.9 Å². The van der Waals surface area contributed by atoms with Crippen molar-refractivity contribution in [2.24, 2.45) is 0 Å². The van der Waals surface area contributed by atoms with Crippen LogP contribution in [-0.4, -0.2) is 20.3 Å². The summed E-state index contributed by atoms with van der Waals surface area (Å²) in [6.07, 6.45) is 3.83. The number of halogens is 1. The fraction of sp³-hybridized carbons (Fsp3) is 0.160. The van der Waals surface area contributed by atoms with Gasteiger partial charge in [-0.05, 0) is 48.7 Å². The third kappa shape index (κ3) is 4.22. The number of amides is 1. The molecule has 1 fully saturated rings. The van der Waals surface area contributed by atoms with Crippen molar-refractivity contribution in [1.29, 1.82) is 0 Å². The summed E-state index contributed by atoms with van der Waals surface area (Å²) in [6.45, 7) is 0.315. The van der Waals surface area contributed by atoms with Crippen molar-refractivity contribution in [2.45, 2.75) is 25.3 Å². The lowest BCUT2D eigenvalue weighted by atomic mass is 10.2. The van der Waals surface area contributed by atoms with Gasteiger partial charge in [0, 0.05) is 23.2 Å². The van der Waals surface area contributed by atoms with E-state index in [4.69, 9.17) is 11.6 Å². The molecule has 0 bridgehead atoms. The number of para-hydroxylation sites is 1. The van der Waals surface area contributed by atoms with Gasteiger partial charge in [0.05, 0.1) is 23.6 Å². The second-order valence-electron chi connectivity index (χ2n) is 7.91. The molecule has 0 spiro atoms. The van der Waals surface area contributed by atoms with Crippen molar-refractivity contribution in [1.82, 2.24) is 14.3 Å². The molecule has 1 amide bonds. The summed E-state index contributed by atoms with van der Waals surface area (Å²) in [7, 11) is 0. The number of anilines is 1. The van der Waals surface area contributed by atoms with Gasteiger partial charge in [0.2, 0.25) is 0 Å². The first-order valence-electron chi connectivity index (χ1n) is 10.5. The zero-order valence-electron chi connectivity index (χ0n) is 17.2. The first-order chi connectivity index (χ1) is 15.6. The maximum absolute atomic E-state index is 13.2. The molecule has 0 radical (unpaired) electrons. The molecule has 6 nitrogen and oxygen atoms in total. The Morgan fingerprint density at radius 3 is 2.53 bits per heavy atom. The van der Waals surface area contributed by atoms with Crippen LogP contribution in [0.5, 0.6) is 0 Å². The van der Waals surface area contributed by atoms with Crippen molar-refractivity contribution in [2.75, 3.05) is 5.32 Å². The largest absolute Gasteiger partial charge is 0.319 e. The molecule has 7 heteroatoms. The third-order valence-electron chi connectivity index (χ3n) is 5.50. The number of carbonyl (C=O) groups is 1. The van der Waals surface area contributed by atoms with E-state index in [1.165, 1.54) is 10.6 Å². The Morgan fingerprint density at radius 1 is 1.03 bits per heavy atom. The number of hydrogen-bond donors (Lipinski definition) is 1. The number of nitrogens with one attached hydrogen (secondary N) is 1. The highest BCUT2D eigenvalue weighted by Crippen LogP contribution is 2.39. The van der Waals surface area contributed by atoms with Gasteiger partial charge in [-0.1, -0.05) is 48.0 Å². The summed E-state index contributed by atoms with van der Waals surface area (Å²) in [4.78, 5) is 25.6. The van der Waals surface area contributed by atoms with Gasteiger partial charge in [-0.25, -0.2) is 4.68 Å². The Hall–Kier alpha value is -3.64. The maximum atomic E-state index is 13.2. The molecule has 0 aliphatic heterocycles. The van der Waals surface area contributed by atoms with E-state index in [1.54, 1.807) is 23.0 Å². The van der Waals surface area contributed by atoms with Crippen molar-refractivity contribution < 1.29 is 4.79 Å². The Kier molecular flexibility index (Phi) is 5.37. The lowest BCUT2D eigenvalue weighted by Gasteiger charge is -2.11. The molecule has 32 heavy (non-hydrogen) atoms. The molecular formula is C25H21ClN4O2. The zero-order chi connectivity index (χ0) is 22.1. The van der Waals surface area contributed by atoms with Gasteiger partial charge in [0.25, 0.3) is 11.5 Å². The Bertz CT molecular complexity index is 1340. The molecule has 160 valence electrons. The minimum atomic E-state index is -0.281. The van der Waals surface area contributed by atoms with Gasteiger partial charge in [-0.3, -0.25) is 9.59 Å². The zero-order valence-corrected chi connectivity index (χ0v) is 18.0. The van der Waals surface area contributed by atoms with E-state index >= 15 is 0 Å². The predicted octanol–water partition coefficient (Wildman–Crippen LogP) is 4.87. The number of hydrogen-bond acceptors (Lipinski definition) is 3. The molecule has 5 rings (SSSR count). The van der Waals surface area contributed by atoms with Crippen molar-refractivity contribution >= 4 is 23.2 Å². The van der Waals surface area contributed by atoms with Crippen LogP contribution in [0, 0.1) is 0 Å². The summed E-state index contributed by atoms with van der Waals surface area (Å²) in [5, 5.41) is 8.20. The third-order valence-corrected chi connectivity index (χ3v) is 5.87. The molecule has 2 aromatic carbocycles. The van der Waals surface area contributed by atoms with E-state index in [2.05, 4.69) is 10.4 Å². The SMILES string of the molecule is O=C(Nc1ccc(=O)n(Cc2ccccc2Cl)c1)c1cc(C2CC2)nn1-c1ccccc1. The number of aromatic nitrogens is 3. The molecule has 0 unspecified atom stereocenters. The second kappa shape index (κ2) is 8.48. The summed E-state index contributed by atoms with van der Waals surface area (Å²) >= 11 is 6.24. The molecule has 2 heterocycles. The van der Waals surface area contributed by atoms with Crippen molar-refractivity contribution in [3.05, 3.63) is 111 Å². The number of carbonyl (C=O) groups excluding carboxylic acids is 1. The number of rotatable bonds is 6. The van der Waals surface area contributed by atoms with Crippen LogP contribution in [0.2, 0.25) is 5.02 Å². The summed E-state index contributed by atoms with van der Waals surface area (Å²) in [5.41, 5.74) is 3.40. The minimum absolute atomic E-state index is 0.173. The smallest absolute Gasteiger partial charge is 0.274 e. The fourth-order valence-corrected chi connectivity index (χ4v) is 3.84. The van der Waals surface area contributed by atoms with Crippen LogP contribution in [0.15, 0.2) is 83.8 Å². The average Bonchev–Trinajstić information content (AvgIpc) is 3.56. The molecule has 1 saturated carbocycles. The van der Waals surface area contributed by atoms with Gasteiger partial charge < -0.3 is 9.88 Å². The molecule has 1 N–H and O–H groups in total. The van der Waals surface area contributed by atoms with Crippen LogP contribution in [0.3, 0.4) is 0 Å². The quantitative estimate of drug-likeness (QED) is 0.461. The Balaban J connectivity index is 1.43. The van der Waals surface area contributed by atoms with Crippen LogP contribution in [0.4, 0.5) is 5.69 Å². The van der Waals surface area contributed by atoms with Crippen LogP contribution in [-0.2, 0) is 6.54 Å². The molecule has 1 aliphatic carbocycles. The Labute approximate surface area is 190 Å². The van der Waals surface area contributed by atoms with Crippen LogP contribution < -0.4 is 10.9 Å². The second-order valence-corrected chi connectivity index (χ2v) is 8.31. The lowest BCUT2D eigenvalue weighted by molar-refractivity contribution is 0.101. The predicted molar refractivity (Wildman–Crippen MR) is 125 cm³/mol. The van der Waals surface area contributed by atoms with Crippen molar-refractivity contribution in [3.8, 4) is 5.69 Å². The van der Waals surface area contributed by atoms with E-state index < -0.39 is 0 Å².